The molecule has 0 aliphatic carbocycles. The maximum atomic E-state index is 13.7. The molecule has 0 amide bonds. The standard InChI is InChI=1S/C55H108O4/c1-4-7-10-13-16-19-22-25-28-30-33-36-39-42-45-48-53(57)52(47-44-41-38-35-32-29-26-23-20-17-14-11-8-5-2)50-55(54(58)51-56)59-49-46-43-40-37-34-31-27-24-21-18-15-12-9-6-3/h25,28,52,54-56,58H,4-24,26-27,29-51H2,1-3H3/b28-25-. The van der Waals surface area contributed by atoms with Crippen LogP contribution in [0.1, 0.15) is 303 Å². The fraction of sp³-hybridized carbons (Fsp3) is 0.945. The lowest BCUT2D eigenvalue weighted by Gasteiger charge is -2.26. The molecule has 0 aliphatic rings. The number of hydrogen-bond donors (Lipinski definition) is 2. The number of carbonyl (C=O) groups is 1. The maximum Gasteiger partial charge on any atom is 0.136 e. The fourth-order valence-electron chi connectivity index (χ4n) is 8.84. The van der Waals surface area contributed by atoms with E-state index in [0.717, 1.165) is 38.5 Å². The van der Waals surface area contributed by atoms with Crippen LogP contribution in [0.4, 0.5) is 0 Å². The molecule has 0 aromatic rings. The zero-order valence-corrected chi connectivity index (χ0v) is 40.6. The van der Waals surface area contributed by atoms with Gasteiger partial charge in [-0.3, -0.25) is 4.79 Å². The molecule has 0 bridgehead atoms. The van der Waals surface area contributed by atoms with Gasteiger partial charge in [0.25, 0.3) is 0 Å². The first-order chi connectivity index (χ1) is 29.1. The van der Waals surface area contributed by atoms with E-state index in [0.29, 0.717) is 25.2 Å². The molecule has 59 heavy (non-hydrogen) atoms. The minimum atomic E-state index is -0.923. The summed E-state index contributed by atoms with van der Waals surface area (Å²) in [5.74, 6) is 0.277. The normalized spacial score (nSPS) is 13.4. The summed E-state index contributed by atoms with van der Waals surface area (Å²) in [5.41, 5.74) is 0. The predicted molar refractivity (Wildman–Crippen MR) is 261 cm³/mol. The number of aliphatic hydroxyl groups is 2. The molecule has 0 saturated carbocycles. The van der Waals surface area contributed by atoms with Crippen LogP contribution >= 0.6 is 0 Å². The number of rotatable bonds is 51. The molecule has 0 aromatic carbocycles. The lowest BCUT2D eigenvalue weighted by atomic mass is 9.87. The number of aliphatic hydroxyl groups excluding tert-OH is 2. The average molecular weight is 833 g/mol. The highest BCUT2D eigenvalue weighted by Gasteiger charge is 2.27. The first kappa shape index (κ1) is 58.3. The summed E-state index contributed by atoms with van der Waals surface area (Å²) in [5, 5.41) is 20.7. The molecule has 2 N–H and O–H groups in total. The molecule has 0 saturated heterocycles. The van der Waals surface area contributed by atoms with Crippen LogP contribution in [0.5, 0.6) is 0 Å². The smallest absolute Gasteiger partial charge is 0.136 e. The Hall–Kier alpha value is -0.710. The number of unbranched alkanes of at least 4 members (excludes halogenated alkanes) is 37. The van der Waals surface area contributed by atoms with Crippen LogP contribution in [0, 0.1) is 5.92 Å². The van der Waals surface area contributed by atoms with E-state index in [-0.39, 0.29) is 12.5 Å². The summed E-state index contributed by atoms with van der Waals surface area (Å²) in [4.78, 5) is 13.7. The van der Waals surface area contributed by atoms with Crippen molar-refractivity contribution in [1.29, 1.82) is 0 Å². The van der Waals surface area contributed by atoms with Gasteiger partial charge in [0.15, 0.2) is 0 Å². The molecule has 0 rings (SSSR count). The highest BCUT2D eigenvalue weighted by Crippen LogP contribution is 2.25. The Labute approximate surface area is 371 Å². The van der Waals surface area contributed by atoms with E-state index in [9.17, 15) is 15.0 Å². The van der Waals surface area contributed by atoms with Gasteiger partial charge in [-0.05, 0) is 51.4 Å². The molecule has 0 radical (unpaired) electrons. The van der Waals surface area contributed by atoms with Gasteiger partial charge in [-0.25, -0.2) is 0 Å². The molecule has 3 atom stereocenters. The van der Waals surface area contributed by atoms with Gasteiger partial charge in [0, 0.05) is 18.9 Å². The Balaban J connectivity index is 4.56. The zero-order chi connectivity index (χ0) is 43.0. The second-order valence-corrected chi connectivity index (χ2v) is 18.9. The van der Waals surface area contributed by atoms with Crippen LogP contribution in [0.25, 0.3) is 0 Å². The highest BCUT2D eigenvalue weighted by atomic mass is 16.5. The largest absolute Gasteiger partial charge is 0.394 e. The molecule has 0 aromatic heterocycles. The topological polar surface area (TPSA) is 66.8 Å². The summed E-state index contributed by atoms with van der Waals surface area (Å²) < 4.78 is 6.27. The number of allylic oxidation sites excluding steroid dienone is 2. The summed E-state index contributed by atoms with van der Waals surface area (Å²) in [6.45, 7) is 7.15. The van der Waals surface area contributed by atoms with Crippen molar-refractivity contribution in [2.75, 3.05) is 13.2 Å². The molecular formula is C55H108O4. The van der Waals surface area contributed by atoms with E-state index in [4.69, 9.17) is 4.74 Å². The van der Waals surface area contributed by atoms with Crippen LogP contribution in [0.15, 0.2) is 12.2 Å². The third-order valence-electron chi connectivity index (χ3n) is 13.0. The van der Waals surface area contributed by atoms with Crippen LogP contribution in [-0.4, -0.2) is 41.4 Å². The van der Waals surface area contributed by atoms with Gasteiger partial charge in [0.05, 0.1) is 12.7 Å². The second-order valence-electron chi connectivity index (χ2n) is 18.9. The summed E-state index contributed by atoms with van der Waals surface area (Å²) in [7, 11) is 0. The Morgan fingerprint density at radius 3 is 1.14 bits per heavy atom. The van der Waals surface area contributed by atoms with E-state index in [1.165, 1.54) is 231 Å². The minimum Gasteiger partial charge on any atom is -0.394 e. The quantitative estimate of drug-likeness (QED) is 0.0473. The van der Waals surface area contributed by atoms with E-state index in [1.54, 1.807) is 0 Å². The minimum absolute atomic E-state index is 0.0772. The van der Waals surface area contributed by atoms with Crippen LogP contribution in [0.3, 0.4) is 0 Å². The lowest BCUT2D eigenvalue weighted by molar-refractivity contribution is -0.126. The first-order valence-electron chi connectivity index (χ1n) is 27.2. The van der Waals surface area contributed by atoms with Gasteiger partial charge in [0.2, 0.25) is 0 Å². The van der Waals surface area contributed by atoms with E-state index >= 15 is 0 Å². The number of ketones is 1. The van der Waals surface area contributed by atoms with Crippen molar-refractivity contribution in [2.24, 2.45) is 5.92 Å². The summed E-state index contributed by atoms with van der Waals surface area (Å²) in [6, 6.07) is 0. The third-order valence-corrected chi connectivity index (χ3v) is 13.0. The predicted octanol–water partition coefficient (Wildman–Crippen LogP) is 17.7. The number of carbonyl (C=O) groups excluding carboxylic acids is 1. The number of hydrogen-bond acceptors (Lipinski definition) is 4. The SMILES string of the molecule is CCCCCCCC/C=C\CCCCCCCC(=O)C(CCCCCCCCCCCCCCCC)CC(OCCCCCCCCCCCCCCCC)C(O)CO. The Morgan fingerprint density at radius 1 is 0.441 bits per heavy atom. The molecule has 0 fully saturated rings. The van der Waals surface area contributed by atoms with E-state index in [2.05, 4.69) is 32.9 Å². The Bertz CT molecular complexity index is 826. The van der Waals surface area contributed by atoms with Gasteiger partial charge in [-0.1, -0.05) is 258 Å². The van der Waals surface area contributed by atoms with Gasteiger partial charge < -0.3 is 14.9 Å². The van der Waals surface area contributed by atoms with E-state index < -0.39 is 12.2 Å². The van der Waals surface area contributed by atoms with Crippen LogP contribution < -0.4 is 0 Å². The number of ether oxygens (including phenoxy) is 1. The van der Waals surface area contributed by atoms with Crippen molar-refractivity contribution in [3.63, 3.8) is 0 Å². The van der Waals surface area contributed by atoms with Crippen molar-refractivity contribution in [2.45, 2.75) is 315 Å². The van der Waals surface area contributed by atoms with Gasteiger partial charge >= 0.3 is 0 Å². The Morgan fingerprint density at radius 2 is 0.763 bits per heavy atom. The van der Waals surface area contributed by atoms with Gasteiger partial charge in [-0.2, -0.15) is 0 Å². The molecular weight excluding hydrogens is 725 g/mol. The maximum absolute atomic E-state index is 13.7. The van der Waals surface area contributed by atoms with Crippen molar-refractivity contribution < 1.29 is 19.7 Å². The summed E-state index contributed by atoms with van der Waals surface area (Å²) in [6.07, 6.45) is 59.1. The average Bonchev–Trinajstić information content (AvgIpc) is 3.24. The van der Waals surface area contributed by atoms with E-state index in [1.807, 2.05) is 0 Å². The van der Waals surface area contributed by atoms with Crippen LogP contribution in [0.2, 0.25) is 0 Å². The molecule has 4 nitrogen and oxygen atoms in total. The molecule has 4 heteroatoms. The van der Waals surface area contributed by atoms with Crippen LogP contribution in [-0.2, 0) is 9.53 Å². The highest BCUT2D eigenvalue weighted by molar-refractivity contribution is 5.81. The van der Waals surface area contributed by atoms with Crippen molar-refractivity contribution in [1.82, 2.24) is 0 Å². The lowest BCUT2D eigenvalue weighted by Crippen LogP contribution is -2.36. The molecule has 0 spiro atoms. The van der Waals surface area contributed by atoms with Crippen molar-refractivity contribution in [3.05, 3.63) is 12.2 Å². The fourth-order valence-corrected chi connectivity index (χ4v) is 8.84. The Kier molecular flexibility index (Phi) is 49.3. The number of Topliss-reactive ketones (excluding diaryl/α,β-unsaturated/α-hetero) is 1. The van der Waals surface area contributed by atoms with Crippen molar-refractivity contribution in [3.8, 4) is 0 Å². The molecule has 0 heterocycles. The molecule has 3 unspecified atom stereocenters. The summed E-state index contributed by atoms with van der Waals surface area (Å²) >= 11 is 0. The van der Waals surface area contributed by atoms with Gasteiger partial charge in [0.1, 0.15) is 11.9 Å². The molecule has 352 valence electrons. The zero-order valence-electron chi connectivity index (χ0n) is 40.6. The first-order valence-corrected chi connectivity index (χ1v) is 27.2. The molecule has 0 aliphatic heterocycles. The van der Waals surface area contributed by atoms with Gasteiger partial charge in [-0.15, -0.1) is 0 Å². The second kappa shape index (κ2) is 49.9. The van der Waals surface area contributed by atoms with Crippen molar-refractivity contribution >= 4 is 5.78 Å². The monoisotopic (exact) mass is 833 g/mol. The third kappa shape index (κ3) is 43.7.